The first-order chi connectivity index (χ1) is 7.50. The molecule has 0 spiro atoms. The molecule has 2 rings (SSSR count). The summed E-state index contributed by atoms with van der Waals surface area (Å²) in [5, 5.41) is 8.02. The van der Waals surface area contributed by atoms with Crippen molar-refractivity contribution in [2.24, 2.45) is 7.05 Å². The number of benzene rings is 1. The van der Waals surface area contributed by atoms with Crippen LogP contribution in [-0.2, 0) is 7.05 Å². The van der Waals surface area contributed by atoms with E-state index in [1.165, 1.54) is 0 Å². The average molecular weight is 217 g/mol. The molecule has 0 radical (unpaired) electrons. The molecule has 0 atom stereocenters. The highest BCUT2D eigenvalue weighted by Crippen LogP contribution is 2.23. The zero-order chi connectivity index (χ0) is 11.9. The number of aromatic nitrogens is 3. The Hall–Kier alpha value is -1.71. The van der Waals surface area contributed by atoms with Crippen LogP contribution < -0.4 is 0 Å². The van der Waals surface area contributed by atoms with Crippen LogP contribution >= 0.6 is 0 Å². The minimum Gasteiger partial charge on any atom is -0.294 e. The average Bonchev–Trinajstić information content (AvgIpc) is 2.59. The molecule has 4 nitrogen and oxygen atoms in total. The summed E-state index contributed by atoms with van der Waals surface area (Å²) in [6, 6.07) is 3.94. The van der Waals surface area contributed by atoms with Crippen LogP contribution in [0.3, 0.4) is 0 Å². The Labute approximate surface area is 94.3 Å². The van der Waals surface area contributed by atoms with Gasteiger partial charge in [0.15, 0.2) is 5.78 Å². The number of hydrogen-bond donors (Lipinski definition) is 0. The van der Waals surface area contributed by atoms with E-state index in [4.69, 9.17) is 0 Å². The number of aryl methyl sites for hydroxylation is 1. The largest absolute Gasteiger partial charge is 0.294 e. The highest BCUT2D eigenvalue weighted by atomic mass is 16.1. The molecule has 84 valence electrons. The fraction of sp³-hybridized carbons (Fsp3) is 0.417. The molecule has 4 heteroatoms. The molecule has 0 saturated carbocycles. The third kappa shape index (κ3) is 1.60. The lowest BCUT2D eigenvalue weighted by atomic mass is 9.98. The second-order valence-corrected chi connectivity index (χ2v) is 4.36. The molecule has 16 heavy (non-hydrogen) atoms. The molecule has 1 aromatic carbocycles. The minimum atomic E-state index is 0.0536. The first kappa shape index (κ1) is 10.8. The van der Waals surface area contributed by atoms with Gasteiger partial charge in [-0.3, -0.25) is 4.79 Å². The van der Waals surface area contributed by atoms with Gasteiger partial charge in [-0.25, -0.2) is 4.68 Å². The van der Waals surface area contributed by atoms with Gasteiger partial charge in [0.2, 0.25) is 0 Å². The van der Waals surface area contributed by atoms with Crippen LogP contribution in [0.4, 0.5) is 0 Å². The van der Waals surface area contributed by atoms with E-state index in [9.17, 15) is 4.79 Å². The summed E-state index contributed by atoms with van der Waals surface area (Å²) < 4.78 is 1.65. The summed E-state index contributed by atoms with van der Waals surface area (Å²) in [7, 11) is 1.80. The Morgan fingerprint density at radius 1 is 1.38 bits per heavy atom. The standard InChI is InChI=1S/C12H15N3O/c1-7(2)9-5-10(8(3)16)12-11(6-9)13-14-15(12)4/h5-7H,1-4H3. The van der Waals surface area contributed by atoms with Gasteiger partial charge in [-0.2, -0.15) is 0 Å². The summed E-state index contributed by atoms with van der Waals surface area (Å²) in [4.78, 5) is 11.6. The monoisotopic (exact) mass is 217 g/mol. The van der Waals surface area contributed by atoms with Crippen molar-refractivity contribution in [3.05, 3.63) is 23.3 Å². The van der Waals surface area contributed by atoms with Crippen LogP contribution in [0.15, 0.2) is 12.1 Å². The molecular formula is C12H15N3O. The highest BCUT2D eigenvalue weighted by molar-refractivity contribution is 6.05. The van der Waals surface area contributed by atoms with Crippen molar-refractivity contribution in [1.29, 1.82) is 0 Å². The van der Waals surface area contributed by atoms with Gasteiger partial charge in [-0.1, -0.05) is 19.1 Å². The van der Waals surface area contributed by atoms with Crippen molar-refractivity contribution in [3.8, 4) is 0 Å². The van der Waals surface area contributed by atoms with Gasteiger partial charge in [-0.05, 0) is 30.5 Å². The summed E-state index contributed by atoms with van der Waals surface area (Å²) >= 11 is 0. The number of carbonyl (C=O) groups is 1. The van der Waals surface area contributed by atoms with E-state index in [0.717, 1.165) is 16.6 Å². The van der Waals surface area contributed by atoms with E-state index in [1.807, 2.05) is 12.1 Å². The van der Waals surface area contributed by atoms with Crippen molar-refractivity contribution in [1.82, 2.24) is 15.0 Å². The number of carbonyl (C=O) groups excluding carboxylic acids is 1. The Kier molecular flexibility index (Phi) is 2.50. The Morgan fingerprint density at radius 3 is 2.62 bits per heavy atom. The zero-order valence-electron chi connectivity index (χ0n) is 9.98. The summed E-state index contributed by atoms with van der Waals surface area (Å²) in [6.45, 7) is 5.77. The van der Waals surface area contributed by atoms with Crippen molar-refractivity contribution in [2.75, 3.05) is 0 Å². The van der Waals surface area contributed by atoms with Crippen LogP contribution in [0.5, 0.6) is 0 Å². The van der Waals surface area contributed by atoms with Gasteiger partial charge < -0.3 is 0 Å². The fourth-order valence-corrected chi connectivity index (χ4v) is 1.82. The van der Waals surface area contributed by atoms with E-state index in [1.54, 1.807) is 18.7 Å². The second kappa shape index (κ2) is 3.70. The molecule has 1 heterocycles. The SMILES string of the molecule is CC(=O)c1cc(C(C)C)cc2nnn(C)c12. The molecule has 1 aromatic heterocycles. The molecule has 0 aliphatic carbocycles. The Balaban J connectivity index is 2.81. The van der Waals surface area contributed by atoms with Gasteiger partial charge in [0.25, 0.3) is 0 Å². The van der Waals surface area contributed by atoms with Crippen LogP contribution in [0, 0.1) is 0 Å². The van der Waals surface area contributed by atoms with E-state index in [-0.39, 0.29) is 5.78 Å². The number of fused-ring (bicyclic) bond motifs is 1. The number of hydrogen-bond acceptors (Lipinski definition) is 3. The molecule has 0 aliphatic rings. The Bertz CT molecular complexity index is 555. The topological polar surface area (TPSA) is 47.8 Å². The Morgan fingerprint density at radius 2 is 2.06 bits per heavy atom. The third-order valence-electron chi connectivity index (χ3n) is 2.77. The predicted molar refractivity (Wildman–Crippen MR) is 62.6 cm³/mol. The van der Waals surface area contributed by atoms with E-state index < -0.39 is 0 Å². The summed E-state index contributed by atoms with van der Waals surface area (Å²) in [6.07, 6.45) is 0. The van der Waals surface area contributed by atoms with E-state index >= 15 is 0 Å². The molecule has 0 amide bonds. The molecule has 0 fully saturated rings. The van der Waals surface area contributed by atoms with E-state index in [0.29, 0.717) is 11.5 Å². The first-order valence-corrected chi connectivity index (χ1v) is 5.35. The number of rotatable bonds is 2. The molecule has 2 aromatic rings. The molecule has 0 unspecified atom stereocenters. The van der Waals surface area contributed by atoms with Crippen LogP contribution in [0.1, 0.15) is 42.6 Å². The number of nitrogens with zero attached hydrogens (tertiary/aromatic N) is 3. The van der Waals surface area contributed by atoms with Crippen molar-refractivity contribution < 1.29 is 4.79 Å². The van der Waals surface area contributed by atoms with Gasteiger partial charge in [0.05, 0.1) is 5.52 Å². The van der Waals surface area contributed by atoms with Gasteiger partial charge >= 0.3 is 0 Å². The predicted octanol–water partition coefficient (Wildman–Crippen LogP) is 2.29. The molecule has 0 saturated heterocycles. The number of ketones is 1. The lowest BCUT2D eigenvalue weighted by Crippen LogP contribution is -2.01. The maximum Gasteiger partial charge on any atom is 0.162 e. The normalized spacial score (nSPS) is 11.3. The van der Waals surface area contributed by atoms with Gasteiger partial charge in [-0.15, -0.1) is 5.10 Å². The quantitative estimate of drug-likeness (QED) is 0.725. The summed E-state index contributed by atoms with van der Waals surface area (Å²) in [5.41, 5.74) is 3.43. The van der Waals surface area contributed by atoms with Crippen molar-refractivity contribution in [3.63, 3.8) is 0 Å². The van der Waals surface area contributed by atoms with Gasteiger partial charge in [0.1, 0.15) is 5.52 Å². The zero-order valence-corrected chi connectivity index (χ0v) is 9.98. The smallest absolute Gasteiger partial charge is 0.162 e. The first-order valence-electron chi connectivity index (χ1n) is 5.35. The molecule has 0 bridgehead atoms. The lowest BCUT2D eigenvalue weighted by Gasteiger charge is -2.08. The second-order valence-electron chi connectivity index (χ2n) is 4.36. The summed E-state index contributed by atoms with van der Waals surface area (Å²) in [5.74, 6) is 0.433. The van der Waals surface area contributed by atoms with E-state index in [2.05, 4.69) is 24.2 Å². The van der Waals surface area contributed by atoms with Crippen molar-refractivity contribution in [2.45, 2.75) is 26.7 Å². The van der Waals surface area contributed by atoms with Crippen LogP contribution in [0.25, 0.3) is 11.0 Å². The third-order valence-corrected chi connectivity index (χ3v) is 2.77. The van der Waals surface area contributed by atoms with Crippen LogP contribution in [-0.4, -0.2) is 20.8 Å². The lowest BCUT2D eigenvalue weighted by molar-refractivity contribution is 0.101. The fourth-order valence-electron chi connectivity index (χ4n) is 1.82. The highest BCUT2D eigenvalue weighted by Gasteiger charge is 2.14. The number of Topliss-reactive ketones (excluding diaryl/α,β-unsaturated/α-hetero) is 1. The molecule has 0 N–H and O–H groups in total. The maximum absolute atomic E-state index is 11.6. The minimum absolute atomic E-state index is 0.0536. The van der Waals surface area contributed by atoms with Crippen molar-refractivity contribution >= 4 is 16.8 Å². The maximum atomic E-state index is 11.6. The van der Waals surface area contributed by atoms with Crippen LogP contribution in [0.2, 0.25) is 0 Å². The molecule has 0 aliphatic heterocycles. The van der Waals surface area contributed by atoms with Gasteiger partial charge in [0, 0.05) is 12.6 Å². The molecular weight excluding hydrogens is 202 g/mol.